The summed E-state index contributed by atoms with van der Waals surface area (Å²) in [6, 6.07) is 0. The number of thioether (sulfide) groups is 1. The molecular weight excluding hydrogens is 274 g/mol. The van der Waals surface area contributed by atoms with E-state index in [1.165, 1.54) is 7.11 Å². The average Bonchev–Trinajstić information content (AvgIpc) is 3.18. The van der Waals surface area contributed by atoms with Crippen molar-refractivity contribution in [2.75, 3.05) is 31.7 Å². The van der Waals surface area contributed by atoms with Crippen LogP contribution in [0.4, 0.5) is 0 Å². The molecule has 0 aromatic rings. The minimum atomic E-state index is -0.158. The fourth-order valence-corrected chi connectivity index (χ4v) is 3.25. The number of rotatable bonds is 10. The summed E-state index contributed by atoms with van der Waals surface area (Å²) < 4.78 is 4.71. The molecule has 1 fully saturated rings. The van der Waals surface area contributed by atoms with Crippen LogP contribution in [0.25, 0.3) is 0 Å². The Labute approximate surface area is 125 Å². The van der Waals surface area contributed by atoms with Gasteiger partial charge in [0.1, 0.15) is 0 Å². The first kappa shape index (κ1) is 16.8. The molecule has 0 saturated heterocycles. The van der Waals surface area contributed by atoms with Gasteiger partial charge in [-0.3, -0.25) is 9.59 Å². The molecule has 0 unspecified atom stereocenters. The van der Waals surface area contributed by atoms with E-state index >= 15 is 0 Å². The Balaban J connectivity index is 2.32. The number of nitrogens with zero attached hydrogens (tertiary/aromatic N) is 1. The third kappa shape index (κ3) is 5.41. The summed E-state index contributed by atoms with van der Waals surface area (Å²) in [5.74, 6) is 1.20. The molecule has 5 heteroatoms. The fraction of sp³-hybridized carbons (Fsp3) is 0.600. The Hall–Kier alpha value is -1.23. The first-order valence-electron chi connectivity index (χ1n) is 6.71. The van der Waals surface area contributed by atoms with Crippen LogP contribution in [0.15, 0.2) is 25.3 Å². The zero-order valence-corrected chi connectivity index (χ0v) is 12.9. The van der Waals surface area contributed by atoms with Gasteiger partial charge in [-0.25, -0.2) is 0 Å². The third-order valence-electron chi connectivity index (χ3n) is 3.39. The maximum atomic E-state index is 12.0. The van der Waals surface area contributed by atoms with Crippen molar-refractivity contribution in [2.24, 2.45) is 5.41 Å². The Morgan fingerprint density at radius 2 is 1.90 bits per heavy atom. The molecule has 0 aromatic carbocycles. The number of methoxy groups -OCH3 is 1. The minimum Gasteiger partial charge on any atom is -0.469 e. The van der Waals surface area contributed by atoms with E-state index in [9.17, 15) is 9.59 Å². The molecule has 1 amide bonds. The number of esters is 1. The summed E-state index contributed by atoms with van der Waals surface area (Å²) in [6.07, 6.45) is 5.99. The molecule has 0 spiro atoms. The van der Waals surface area contributed by atoms with E-state index < -0.39 is 0 Å². The molecule has 1 saturated carbocycles. The molecule has 0 bridgehead atoms. The van der Waals surface area contributed by atoms with Crippen LogP contribution in [0.1, 0.15) is 19.3 Å². The lowest BCUT2D eigenvalue weighted by atomic mass is 10.1. The lowest BCUT2D eigenvalue weighted by Crippen LogP contribution is -2.33. The van der Waals surface area contributed by atoms with E-state index in [4.69, 9.17) is 4.74 Å². The maximum absolute atomic E-state index is 12.0. The number of amides is 1. The Bertz CT molecular complexity index is 367. The van der Waals surface area contributed by atoms with Gasteiger partial charge in [-0.2, -0.15) is 11.8 Å². The van der Waals surface area contributed by atoms with Crippen molar-refractivity contribution in [1.82, 2.24) is 4.90 Å². The van der Waals surface area contributed by atoms with Crippen LogP contribution in [0.3, 0.4) is 0 Å². The van der Waals surface area contributed by atoms with Crippen LogP contribution in [-0.4, -0.2) is 48.5 Å². The van der Waals surface area contributed by atoms with Gasteiger partial charge >= 0.3 is 5.97 Å². The molecule has 1 aliphatic carbocycles. The smallest absolute Gasteiger partial charge is 0.306 e. The second-order valence-corrected chi connectivity index (χ2v) is 6.11. The van der Waals surface area contributed by atoms with Crippen molar-refractivity contribution in [3.63, 3.8) is 0 Å². The van der Waals surface area contributed by atoms with Crippen molar-refractivity contribution in [2.45, 2.75) is 19.3 Å². The van der Waals surface area contributed by atoms with Crippen molar-refractivity contribution < 1.29 is 14.3 Å². The van der Waals surface area contributed by atoms with Gasteiger partial charge < -0.3 is 9.64 Å². The predicted octanol–water partition coefficient (Wildman–Crippen LogP) is 2.26. The van der Waals surface area contributed by atoms with E-state index in [0.29, 0.717) is 25.3 Å². The molecule has 0 aliphatic heterocycles. The summed E-state index contributed by atoms with van der Waals surface area (Å²) in [5, 5.41) is 0. The lowest BCUT2D eigenvalue weighted by molar-refractivity contribution is -0.141. The highest BCUT2D eigenvalue weighted by molar-refractivity contribution is 7.99. The minimum absolute atomic E-state index is 0.0692. The van der Waals surface area contributed by atoms with Gasteiger partial charge in [-0.1, -0.05) is 12.2 Å². The summed E-state index contributed by atoms with van der Waals surface area (Å²) in [7, 11) is 1.41. The number of ether oxygens (including phenoxy) is 1. The molecule has 1 rings (SSSR count). The molecule has 4 nitrogen and oxygen atoms in total. The largest absolute Gasteiger partial charge is 0.469 e. The Morgan fingerprint density at radius 1 is 1.30 bits per heavy atom. The second kappa shape index (κ2) is 8.15. The van der Waals surface area contributed by atoms with Gasteiger partial charge in [0.05, 0.1) is 19.3 Å². The highest BCUT2D eigenvalue weighted by Gasteiger charge is 2.44. The SMILES string of the molecule is C=CCN(CC=C)C(=O)CSCC1(CC(=O)OC)CC1. The summed E-state index contributed by atoms with van der Waals surface area (Å²) in [6.45, 7) is 8.38. The lowest BCUT2D eigenvalue weighted by Gasteiger charge is -2.20. The first-order valence-corrected chi connectivity index (χ1v) is 7.86. The zero-order chi connectivity index (χ0) is 15.0. The van der Waals surface area contributed by atoms with Crippen LogP contribution in [-0.2, 0) is 14.3 Å². The number of carbonyl (C=O) groups excluding carboxylic acids is 2. The van der Waals surface area contributed by atoms with Gasteiger partial charge in [0.25, 0.3) is 0 Å². The molecule has 0 radical (unpaired) electrons. The quantitative estimate of drug-likeness (QED) is 0.458. The standard InChI is InChI=1S/C15H23NO3S/c1-4-8-16(9-5-2)13(17)11-20-12-15(6-7-15)10-14(18)19-3/h4-5H,1-2,6-12H2,3H3. The van der Waals surface area contributed by atoms with Gasteiger partial charge in [0.15, 0.2) is 0 Å². The predicted molar refractivity (Wildman–Crippen MR) is 82.6 cm³/mol. The highest BCUT2D eigenvalue weighted by Crippen LogP contribution is 2.51. The molecule has 0 aromatic heterocycles. The molecular formula is C15H23NO3S. The van der Waals surface area contributed by atoms with Crippen molar-refractivity contribution in [3.05, 3.63) is 25.3 Å². The van der Waals surface area contributed by atoms with Crippen LogP contribution < -0.4 is 0 Å². The Morgan fingerprint density at radius 3 is 2.35 bits per heavy atom. The number of hydrogen-bond acceptors (Lipinski definition) is 4. The van der Waals surface area contributed by atoms with Gasteiger partial charge in [0, 0.05) is 13.1 Å². The molecule has 20 heavy (non-hydrogen) atoms. The van der Waals surface area contributed by atoms with E-state index in [2.05, 4.69) is 13.2 Å². The average molecular weight is 297 g/mol. The highest BCUT2D eigenvalue weighted by atomic mass is 32.2. The number of carbonyl (C=O) groups is 2. The summed E-state index contributed by atoms with van der Waals surface area (Å²) in [5.41, 5.74) is 0.0692. The van der Waals surface area contributed by atoms with E-state index in [1.54, 1.807) is 28.8 Å². The van der Waals surface area contributed by atoms with E-state index in [-0.39, 0.29) is 17.3 Å². The van der Waals surface area contributed by atoms with Gasteiger partial charge in [0.2, 0.25) is 5.91 Å². The van der Waals surface area contributed by atoms with Crippen molar-refractivity contribution in [3.8, 4) is 0 Å². The third-order valence-corrected chi connectivity index (χ3v) is 4.66. The van der Waals surface area contributed by atoms with Crippen LogP contribution in [0.2, 0.25) is 0 Å². The molecule has 112 valence electrons. The topological polar surface area (TPSA) is 46.6 Å². The normalized spacial score (nSPS) is 15.2. The van der Waals surface area contributed by atoms with Crippen molar-refractivity contribution >= 4 is 23.6 Å². The van der Waals surface area contributed by atoms with Crippen molar-refractivity contribution in [1.29, 1.82) is 0 Å². The summed E-state index contributed by atoms with van der Waals surface area (Å²) in [4.78, 5) is 25.1. The Kier molecular flexibility index (Phi) is 6.85. The van der Waals surface area contributed by atoms with Gasteiger partial charge in [-0.15, -0.1) is 13.2 Å². The summed E-state index contributed by atoms with van der Waals surface area (Å²) >= 11 is 1.60. The van der Waals surface area contributed by atoms with Crippen LogP contribution in [0, 0.1) is 5.41 Å². The molecule has 1 aliphatic rings. The van der Waals surface area contributed by atoms with E-state index in [0.717, 1.165) is 18.6 Å². The molecule has 0 heterocycles. The second-order valence-electron chi connectivity index (χ2n) is 5.12. The molecule has 0 N–H and O–H groups in total. The van der Waals surface area contributed by atoms with E-state index in [1.807, 2.05) is 0 Å². The fourth-order valence-electron chi connectivity index (χ4n) is 1.96. The zero-order valence-electron chi connectivity index (χ0n) is 12.1. The first-order chi connectivity index (χ1) is 9.56. The van der Waals surface area contributed by atoms with Crippen LogP contribution >= 0.6 is 11.8 Å². The monoisotopic (exact) mass is 297 g/mol. The molecule has 0 atom stereocenters. The van der Waals surface area contributed by atoms with Crippen LogP contribution in [0.5, 0.6) is 0 Å². The van der Waals surface area contributed by atoms with Gasteiger partial charge in [-0.05, 0) is 24.0 Å². The maximum Gasteiger partial charge on any atom is 0.306 e. The number of hydrogen-bond donors (Lipinski definition) is 0.